The van der Waals surface area contributed by atoms with Gasteiger partial charge in [0.05, 0.1) is 5.52 Å². The zero-order valence-electron chi connectivity index (χ0n) is 13.2. The highest BCUT2D eigenvalue weighted by Crippen LogP contribution is 2.17. The second kappa shape index (κ2) is 7.00. The molecule has 0 radical (unpaired) electrons. The highest BCUT2D eigenvalue weighted by atomic mass is 19.1. The number of carbonyl (C=O) groups is 2. The molecule has 1 aromatic heterocycles. The van der Waals surface area contributed by atoms with Gasteiger partial charge in [0.2, 0.25) is 0 Å². The number of nitrogens with one attached hydrogen (secondary N) is 3. The van der Waals surface area contributed by atoms with Gasteiger partial charge in [-0.3, -0.25) is 25.5 Å². The summed E-state index contributed by atoms with van der Waals surface area (Å²) in [5, 5.41) is 7.29. The molecule has 2 amide bonds. The van der Waals surface area contributed by atoms with Crippen molar-refractivity contribution in [3.05, 3.63) is 60.0 Å². The number of aromatic nitrogens is 2. The van der Waals surface area contributed by atoms with Crippen LogP contribution in [0.1, 0.15) is 17.4 Å². The number of aromatic amines is 1. The van der Waals surface area contributed by atoms with Crippen molar-refractivity contribution in [1.29, 1.82) is 0 Å². The Labute approximate surface area is 142 Å². The molecule has 25 heavy (non-hydrogen) atoms. The molecule has 3 rings (SSSR count). The van der Waals surface area contributed by atoms with Crippen LogP contribution in [0.4, 0.5) is 4.39 Å². The summed E-state index contributed by atoms with van der Waals surface area (Å²) in [7, 11) is 0. The largest absolute Gasteiger partial charge is 0.478 e. The van der Waals surface area contributed by atoms with Crippen LogP contribution in [0.25, 0.3) is 10.9 Å². The first-order valence-electron chi connectivity index (χ1n) is 7.50. The third-order valence-electron chi connectivity index (χ3n) is 3.49. The molecule has 0 spiro atoms. The van der Waals surface area contributed by atoms with Crippen molar-refractivity contribution in [2.75, 3.05) is 0 Å². The number of hydrazine groups is 1. The Hall–Kier alpha value is -3.42. The first kappa shape index (κ1) is 16.4. The Kier molecular flexibility index (Phi) is 4.60. The number of ether oxygens (including phenoxy) is 1. The van der Waals surface area contributed by atoms with Crippen LogP contribution in [0.3, 0.4) is 0 Å². The van der Waals surface area contributed by atoms with Gasteiger partial charge in [0, 0.05) is 5.39 Å². The van der Waals surface area contributed by atoms with Gasteiger partial charge in [-0.15, -0.1) is 0 Å². The maximum Gasteiger partial charge on any atom is 0.290 e. The summed E-state index contributed by atoms with van der Waals surface area (Å²) in [6.45, 7) is 1.44. The van der Waals surface area contributed by atoms with Crippen molar-refractivity contribution < 1.29 is 18.7 Å². The first-order valence-corrected chi connectivity index (χ1v) is 7.50. The van der Waals surface area contributed by atoms with E-state index in [1.807, 2.05) is 6.07 Å². The molecule has 0 bridgehead atoms. The maximum absolute atomic E-state index is 13.5. The molecule has 0 fully saturated rings. The van der Waals surface area contributed by atoms with Crippen molar-refractivity contribution in [1.82, 2.24) is 21.0 Å². The Balaban J connectivity index is 1.60. The summed E-state index contributed by atoms with van der Waals surface area (Å²) in [5.74, 6) is -1.83. The van der Waals surface area contributed by atoms with E-state index in [0.717, 1.165) is 0 Å². The molecular weight excluding hydrogens is 327 g/mol. The molecule has 7 nitrogen and oxygen atoms in total. The van der Waals surface area contributed by atoms with Crippen molar-refractivity contribution in [2.45, 2.75) is 13.0 Å². The lowest BCUT2D eigenvalue weighted by Gasteiger charge is -2.15. The molecule has 0 saturated heterocycles. The van der Waals surface area contributed by atoms with E-state index < -0.39 is 23.7 Å². The molecule has 3 aromatic rings. The number of hydrogen-bond donors (Lipinski definition) is 3. The second-order valence-corrected chi connectivity index (χ2v) is 5.25. The van der Waals surface area contributed by atoms with Crippen LogP contribution in [-0.4, -0.2) is 28.1 Å². The number of hydrogen-bond acceptors (Lipinski definition) is 4. The highest BCUT2D eigenvalue weighted by Gasteiger charge is 2.19. The summed E-state index contributed by atoms with van der Waals surface area (Å²) < 4.78 is 18.8. The third kappa shape index (κ3) is 3.57. The molecule has 128 valence electrons. The third-order valence-corrected chi connectivity index (χ3v) is 3.49. The molecule has 0 aliphatic rings. The summed E-state index contributed by atoms with van der Waals surface area (Å²) >= 11 is 0. The van der Waals surface area contributed by atoms with Crippen LogP contribution in [0, 0.1) is 5.82 Å². The van der Waals surface area contributed by atoms with Gasteiger partial charge in [-0.25, -0.2) is 4.39 Å². The van der Waals surface area contributed by atoms with Crippen LogP contribution in [0.15, 0.2) is 48.5 Å². The Morgan fingerprint density at radius 3 is 2.64 bits per heavy atom. The lowest BCUT2D eigenvalue weighted by Crippen LogP contribution is -2.47. The monoisotopic (exact) mass is 342 g/mol. The topological polar surface area (TPSA) is 96.1 Å². The van der Waals surface area contributed by atoms with Crippen molar-refractivity contribution in [3.8, 4) is 5.75 Å². The Morgan fingerprint density at radius 1 is 1.12 bits per heavy atom. The number of para-hydroxylation sites is 2. The van der Waals surface area contributed by atoms with Gasteiger partial charge in [-0.2, -0.15) is 5.10 Å². The minimum absolute atomic E-state index is 0.0465. The molecule has 1 heterocycles. The quantitative estimate of drug-likeness (QED) is 0.631. The number of rotatable bonds is 4. The average molecular weight is 342 g/mol. The Morgan fingerprint density at radius 2 is 1.84 bits per heavy atom. The van der Waals surface area contributed by atoms with Crippen LogP contribution < -0.4 is 15.6 Å². The summed E-state index contributed by atoms with van der Waals surface area (Å²) in [6, 6.07) is 12.8. The summed E-state index contributed by atoms with van der Waals surface area (Å²) in [4.78, 5) is 24.1. The van der Waals surface area contributed by atoms with E-state index in [4.69, 9.17) is 4.74 Å². The van der Waals surface area contributed by atoms with Gasteiger partial charge < -0.3 is 4.74 Å². The van der Waals surface area contributed by atoms with Gasteiger partial charge in [0.1, 0.15) is 0 Å². The van der Waals surface area contributed by atoms with Gasteiger partial charge in [-0.1, -0.05) is 30.3 Å². The maximum atomic E-state index is 13.5. The SMILES string of the molecule is C[C@@H](Oc1ccccc1F)C(=O)NNC(=O)c1n[nH]c2ccccc12. The Bertz CT molecular complexity index is 925. The van der Waals surface area contributed by atoms with E-state index in [1.165, 1.54) is 25.1 Å². The number of fused-ring (bicyclic) bond motifs is 1. The fourth-order valence-corrected chi connectivity index (χ4v) is 2.20. The summed E-state index contributed by atoms with van der Waals surface area (Å²) in [6.07, 6.45) is -1.01. The predicted octanol–water partition coefficient (Wildman–Crippen LogP) is 1.93. The number of carbonyl (C=O) groups excluding carboxylic acids is 2. The van der Waals surface area contributed by atoms with Crippen molar-refractivity contribution >= 4 is 22.7 Å². The number of H-pyrrole nitrogens is 1. The molecule has 1 atom stereocenters. The van der Waals surface area contributed by atoms with Crippen molar-refractivity contribution in [2.24, 2.45) is 0 Å². The van der Waals surface area contributed by atoms with E-state index in [9.17, 15) is 14.0 Å². The van der Waals surface area contributed by atoms with Crippen LogP contribution in [0.5, 0.6) is 5.75 Å². The van der Waals surface area contributed by atoms with E-state index in [2.05, 4.69) is 21.0 Å². The molecule has 8 heteroatoms. The number of nitrogens with zero attached hydrogens (tertiary/aromatic N) is 1. The molecular formula is C17H15FN4O3. The van der Waals surface area contributed by atoms with Gasteiger partial charge >= 0.3 is 0 Å². The molecule has 2 aromatic carbocycles. The lowest BCUT2D eigenvalue weighted by atomic mass is 10.2. The average Bonchev–Trinajstić information content (AvgIpc) is 3.05. The van der Waals surface area contributed by atoms with E-state index >= 15 is 0 Å². The minimum Gasteiger partial charge on any atom is -0.478 e. The molecule has 0 aliphatic heterocycles. The second-order valence-electron chi connectivity index (χ2n) is 5.25. The van der Waals surface area contributed by atoms with Crippen LogP contribution in [-0.2, 0) is 4.79 Å². The smallest absolute Gasteiger partial charge is 0.290 e. The standard InChI is InChI=1S/C17H15FN4O3/c1-10(25-14-9-5-3-7-12(14)18)16(23)21-22-17(24)15-11-6-2-4-8-13(11)19-20-15/h2-10H,1H3,(H,19,20)(H,21,23)(H,22,24)/t10-/m1/s1. The molecule has 0 unspecified atom stereocenters. The van der Waals surface area contributed by atoms with Crippen LogP contribution >= 0.6 is 0 Å². The zero-order valence-corrected chi connectivity index (χ0v) is 13.2. The highest BCUT2D eigenvalue weighted by molar-refractivity contribution is 6.05. The fourth-order valence-electron chi connectivity index (χ4n) is 2.20. The predicted molar refractivity (Wildman–Crippen MR) is 88.2 cm³/mol. The number of benzene rings is 2. The van der Waals surface area contributed by atoms with Gasteiger partial charge in [0.25, 0.3) is 11.8 Å². The molecule has 0 saturated carbocycles. The minimum atomic E-state index is -1.01. The van der Waals surface area contributed by atoms with Crippen LogP contribution in [0.2, 0.25) is 0 Å². The number of halogens is 1. The van der Waals surface area contributed by atoms with Gasteiger partial charge in [-0.05, 0) is 25.1 Å². The van der Waals surface area contributed by atoms with E-state index in [1.54, 1.807) is 24.3 Å². The lowest BCUT2D eigenvalue weighted by molar-refractivity contribution is -0.128. The van der Waals surface area contributed by atoms with E-state index in [-0.39, 0.29) is 11.4 Å². The van der Waals surface area contributed by atoms with Crippen molar-refractivity contribution in [3.63, 3.8) is 0 Å². The first-order chi connectivity index (χ1) is 12.1. The normalized spacial score (nSPS) is 11.8. The van der Waals surface area contributed by atoms with E-state index in [0.29, 0.717) is 10.9 Å². The molecule has 3 N–H and O–H groups in total. The van der Waals surface area contributed by atoms with Gasteiger partial charge in [0.15, 0.2) is 23.4 Å². The number of amides is 2. The zero-order chi connectivity index (χ0) is 17.8. The fraction of sp³-hybridized carbons (Fsp3) is 0.118. The molecule has 0 aliphatic carbocycles. The summed E-state index contributed by atoms with van der Waals surface area (Å²) in [5.41, 5.74) is 5.35.